The molecular weight excluding hydrogens is 332 g/mol. The van der Waals surface area contributed by atoms with Gasteiger partial charge < -0.3 is 9.67 Å². The number of rotatable bonds is 3. The van der Waals surface area contributed by atoms with Gasteiger partial charge >= 0.3 is 0 Å². The molecule has 0 radical (unpaired) electrons. The molecular formula is C24H34N2O. The van der Waals surface area contributed by atoms with Crippen LogP contribution in [0, 0.1) is 19.8 Å². The highest BCUT2D eigenvalue weighted by Crippen LogP contribution is 2.44. The quantitative estimate of drug-likeness (QED) is 0.837. The summed E-state index contributed by atoms with van der Waals surface area (Å²) < 4.78 is 2.54. The van der Waals surface area contributed by atoms with E-state index in [1.165, 1.54) is 85.8 Å². The molecule has 1 aromatic heterocycles. The van der Waals surface area contributed by atoms with Crippen LogP contribution in [0.15, 0.2) is 12.1 Å². The normalized spacial score (nSPS) is 24.9. The topological polar surface area (TPSA) is 28.4 Å². The van der Waals surface area contributed by atoms with Crippen molar-refractivity contribution in [3.8, 4) is 0 Å². The maximum atomic E-state index is 11.1. The molecule has 1 aliphatic carbocycles. The molecule has 2 aliphatic heterocycles. The number of aromatic nitrogens is 1. The monoisotopic (exact) mass is 366 g/mol. The predicted octanol–water partition coefficient (Wildman–Crippen LogP) is 4.89. The summed E-state index contributed by atoms with van der Waals surface area (Å²) in [7, 11) is 0. The van der Waals surface area contributed by atoms with Crippen molar-refractivity contribution in [2.45, 2.75) is 83.9 Å². The van der Waals surface area contributed by atoms with Gasteiger partial charge in [0.25, 0.3) is 0 Å². The van der Waals surface area contributed by atoms with E-state index in [1.54, 1.807) is 5.56 Å². The first-order valence-electron chi connectivity index (χ1n) is 11.2. The molecule has 1 saturated carbocycles. The standard InChI is InChI=1S/C24H34N2O/c1-16-13-17(2)24-19(14-16)23-20-9-6-11-25(20)12-10-21(23)26(24)15-22(27)18-7-4-3-5-8-18/h13-14,18,20,22,27H,3-12,15H2,1-2H3/t20?,22-/m0/s1. The average molecular weight is 367 g/mol. The van der Waals surface area contributed by atoms with Crippen molar-refractivity contribution in [2.75, 3.05) is 13.1 Å². The second-order valence-corrected chi connectivity index (χ2v) is 9.36. The lowest BCUT2D eigenvalue weighted by Crippen LogP contribution is -2.33. The Kier molecular flexibility index (Phi) is 4.56. The van der Waals surface area contributed by atoms with Crippen LogP contribution in [0.1, 0.15) is 73.4 Å². The van der Waals surface area contributed by atoms with E-state index in [0.717, 1.165) is 13.0 Å². The second-order valence-electron chi connectivity index (χ2n) is 9.36. The molecule has 1 aromatic carbocycles. The summed E-state index contributed by atoms with van der Waals surface area (Å²) >= 11 is 0. The van der Waals surface area contributed by atoms with Crippen molar-refractivity contribution in [3.05, 3.63) is 34.5 Å². The van der Waals surface area contributed by atoms with Crippen LogP contribution in [-0.4, -0.2) is 33.8 Å². The number of nitrogens with zero attached hydrogens (tertiary/aromatic N) is 2. The molecule has 3 heteroatoms. The van der Waals surface area contributed by atoms with Crippen LogP contribution in [0.5, 0.6) is 0 Å². The molecule has 146 valence electrons. The van der Waals surface area contributed by atoms with E-state index in [4.69, 9.17) is 0 Å². The van der Waals surface area contributed by atoms with Crippen LogP contribution in [0.25, 0.3) is 10.9 Å². The smallest absolute Gasteiger partial charge is 0.0747 e. The highest BCUT2D eigenvalue weighted by Gasteiger charge is 2.36. The summed E-state index contributed by atoms with van der Waals surface area (Å²) in [6, 6.07) is 5.33. The van der Waals surface area contributed by atoms with Crippen LogP contribution < -0.4 is 0 Å². The van der Waals surface area contributed by atoms with E-state index in [1.807, 2.05) is 0 Å². The van der Waals surface area contributed by atoms with Crippen molar-refractivity contribution in [1.29, 1.82) is 0 Å². The Morgan fingerprint density at radius 1 is 1.04 bits per heavy atom. The number of aliphatic hydroxyl groups is 1. The molecule has 2 aromatic rings. The van der Waals surface area contributed by atoms with E-state index in [-0.39, 0.29) is 6.10 Å². The Labute approximate surface area is 163 Å². The molecule has 27 heavy (non-hydrogen) atoms. The van der Waals surface area contributed by atoms with Crippen LogP contribution in [0.2, 0.25) is 0 Å². The molecule has 0 amide bonds. The summed E-state index contributed by atoms with van der Waals surface area (Å²) in [5.41, 5.74) is 7.25. The van der Waals surface area contributed by atoms with E-state index < -0.39 is 0 Å². The molecule has 2 fully saturated rings. The summed E-state index contributed by atoms with van der Waals surface area (Å²) in [4.78, 5) is 2.70. The lowest BCUT2D eigenvalue weighted by atomic mass is 9.85. The van der Waals surface area contributed by atoms with Gasteiger partial charge in [-0.15, -0.1) is 0 Å². The minimum absolute atomic E-state index is 0.202. The zero-order valence-electron chi connectivity index (χ0n) is 17.0. The first kappa shape index (κ1) is 17.8. The molecule has 1 saturated heterocycles. The third-order valence-electron chi connectivity index (χ3n) is 7.54. The highest BCUT2D eigenvalue weighted by atomic mass is 16.3. The third kappa shape index (κ3) is 2.94. The molecule has 5 rings (SSSR count). The highest BCUT2D eigenvalue weighted by molar-refractivity contribution is 5.89. The van der Waals surface area contributed by atoms with Crippen molar-refractivity contribution >= 4 is 10.9 Å². The van der Waals surface area contributed by atoms with Gasteiger partial charge in [-0.2, -0.15) is 0 Å². The van der Waals surface area contributed by atoms with Gasteiger partial charge in [-0.1, -0.05) is 30.9 Å². The van der Waals surface area contributed by atoms with Gasteiger partial charge in [0, 0.05) is 36.6 Å². The second kappa shape index (κ2) is 6.93. The summed E-state index contributed by atoms with van der Waals surface area (Å²) in [6.07, 6.45) is 9.90. The van der Waals surface area contributed by atoms with Crippen LogP contribution >= 0.6 is 0 Å². The summed E-state index contributed by atoms with van der Waals surface area (Å²) in [6.45, 7) is 7.71. The van der Waals surface area contributed by atoms with Gasteiger partial charge in [-0.05, 0) is 69.2 Å². The fourth-order valence-electron chi connectivity index (χ4n) is 6.33. The lowest BCUT2D eigenvalue weighted by molar-refractivity contribution is 0.0695. The molecule has 3 aliphatic rings. The molecule has 3 heterocycles. The molecule has 0 bridgehead atoms. The zero-order valence-corrected chi connectivity index (χ0v) is 17.0. The minimum atomic E-state index is -0.202. The predicted molar refractivity (Wildman–Crippen MR) is 111 cm³/mol. The number of aliphatic hydroxyl groups excluding tert-OH is 1. The van der Waals surface area contributed by atoms with Gasteiger partial charge in [0.15, 0.2) is 0 Å². The van der Waals surface area contributed by atoms with Crippen molar-refractivity contribution < 1.29 is 5.11 Å². The average Bonchev–Trinajstić information content (AvgIpc) is 3.25. The number of benzene rings is 1. The Morgan fingerprint density at radius 3 is 2.67 bits per heavy atom. The van der Waals surface area contributed by atoms with E-state index in [0.29, 0.717) is 12.0 Å². The SMILES string of the molecule is Cc1cc(C)c2c(c1)c1c(n2C[C@H](O)C2CCCCC2)CCN2CCCC12. The molecule has 1 N–H and O–H groups in total. The maximum Gasteiger partial charge on any atom is 0.0747 e. The molecule has 1 unspecified atom stereocenters. The van der Waals surface area contributed by atoms with Gasteiger partial charge in [-0.3, -0.25) is 4.90 Å². The van der Waals surface area contributed by atoms with E-state index >= 15 is 0 Å². The van der Waals surface area contributed by atoms with Crippen LogP contribution in [0.4, 0.5) is 0 Å². The number of fused-ring (bicyclic) bond motifs is 5. The van der Waals surface area contributed by atoms with Crippen LogP contribution in [0.3, 0.4) is 0 Å². The Balaban J connectivity index is 1.61. The van der Waals surface area contributed by atoms with Crippen LogP contribution in [-0.2, 0) is 13.0 Å². The fourth-order valence-corrected chi connectivity index (χ4v) is 6.33. The first-order valence-corrected chi connectivity index (χ1v) is 11.2. The molecule has 0 spiro atoms. The Hall–Kier alpha value is -1.32. The van der Waals surface area contributed by atoms with Gasteiger partial charge in [0.2, 0.25) is 0 Å². The third-order valence-corrected chi connectivity index (χ3v) is 7.54. The molecule has 3 nitrogen and oxygen atoms in total. The number of hydrogen-bond acceptors (Lipinski definition) is 2. The van der Waals surface area contributed by atoms with Crippen molar-refractivity contribution in [1.82, 2.24) is 9.47 Å². The van der Waals surface area contributed by atoms with Gasteiger partial charge in [0.1, 0.15) is 0 Å². The Bertz CT molecular complexity index is 846. The lowest BCUT2D eigenvalue weighted by Gasteiger charge is -2.32. The minimum Gasteiger partial charge on any atom is -0.391 e. The Morgan fingerprint density at radius 2 is 1.85 bits per heavy atom. The zero-order chi connectivity index (χ0) is 18.5. The summed E-state index contributed by atoms with van der Waals surface area (Å²) in [5, 5.41) is 12.6. The van der Waals surface area contributed by atoms with E-state index in [9.17, 15) is 5.11 Å². The largest absolute Gasteiger partial charge is 0.391 e. The molecule has 2 atom stereocenters. The number of hydrogen-bond donors (Lipinski definition) is 1. The number of aryl methyl sites for hydroxylation is 2. The van der Waals surface area contributed by atoms with Crippen molar-refractivity contribution in [3.63, 3.8) is 0 Å². The first-order chi connectivity index (χ1) is 13.1. The van der Waals surface area contributed by atoms with E-state index in [2.05, 4.69) is 35.4 Å². The van der Waals surface area contributed by atoms with Gasteiger partial charge in [0.05, 0.1) is 11.6 Å². The van der Waals surface area contributed by atoms with Crippen molar-refractivity contribution in [2.24, 2.45) is 5.92 Å². The maximum absolute atomic E-state index is 11.1. The summed E-state index contributed by atoms with van der Waals surface area (Å²) in [5.74, 6) is 0.490. The fraction of sp³-hybridized carbons (Fsp3) is 0.667. The van der Waals surface area contributed by atoms with Gasteiger partial charge in [-0.25, -0.2) is 0 Å².